The van der Waals surface area contributed by atoms with Gasteiger partial charge in [0.2, 0.25) is 0 Å². The lowest BCUT2D eigenvalue weighted by Crippen LogP contribution is -2.41. The third kappa shape index (κ3) is 5.29. The lowest BCUT2D eigenvalue weighted by Gasteiger charge is -2.36. The quantitative estimate of drug-likeness (QED) is 0.604. The van der Waals surface area contributed by atoms with Crippen LogP contribution in [-0.2, 0) is 19.1 Å². The summed E-state index contributed by atoms with van der Waals surface area (Å²) in [6, 6.07) is 7.67. The number of allylic oxidation sites excluding steroid dienone is 1. The van der Waals surface area contributed by atoms with Crippen molar-refractivity contribution in [2.75, 3.05) is 7.11 Å². The second-order valence-corrected chi connectivity index (χ2v) is 8.26. The first kappa shape index (κ1) is 23.6. The Labute approximate surface area is 179 Å². The zero-order valence-corrected chi connectivity index (χ0v) is 19.2. The molecule has 0 spiro atoms. The smallest absolute Gasteiger partial charge is 0.336 e. The molecule has 0 aromatic heterocycles. The fourth-order valence-electron chi connectivity index (χ4n) is 3.92. The molecule has 3 atom stereocenters. The summed E-state index contributed by atoms with van der Waals surface area (Å²) in [5.74, 6) is -1.43. The van der Waals surface area contributed by atoms with Crippen molar-refractivity contribution in [3.63, 3.8) is 0 Å². The molecule has 164 valence electrons. The molecule has 0 fully saturated rings. The van der Waals surface area contributed by atoms with Crippen LogP contribution in [0.4, 0.5) is 0 Å². The van der Waals surface area contributed by atoms with Gasteiger partial charge in [-0.3, -0.25) is 9.79 Å². The van der Waals surface area contributed by atoms with Gasteiger partial charge in [0.05, 0.1) is 24.9 Å². The Kier molecular flexibility index (Phi) is 7.82. The van der Waals surface area contributed by atoms with E-state index >= 15 is 0 Å². The summed E-state index contributed by atoms with van der Waals surface area (Å²) in [5, 5.41) is 0. The minimum atomic E-state index is -0.674. The van der Waals surface area contributed by atoms with Gasteiger partial charge in [0.1, 0.15) is 11.7 Å². The second-order valence-electron chi connectivity index (χ2n) is 8.26. The van der Waals surface area contributed by atoms with Crippen molar-refractivity contribution in [1.82, 2.24) is 0 Å². The maximum absolute atomic E-state index is 13.1. The number of carbonyl (C=O) groups excluding carboxylic acids is 2. The van der Waals surface area contributed by atoms with Gasteiger partial charge in [0.25, 0.3) is 0 Å². The molecule has 2 rings (SSSR count). The van der Waals surface area contributed by atoms with Crippen LogP contribution in [0.2, 0.25) is 0 Å². The maximum atomic E-state index is 13.1. The summed E-state index contributed by atoms with van der Waals surface area (Å²) in [6.45, 7) is 12.8. The predicted octanol–water partition coefficient (Wildman–Crippen LogP) is 4.68. The highest BCUT2D eigenvalue weighted by atomic mass is 16.5. The van der Waals surface area contributed by atoms with Crippen molar-refractivity contribution in [2.24, 2.45) is 16.8 Å². The Hall–Kier alpha value is -2.63. The predicted molar refractivity (Wildman–Crippen MR) is 117 cm³/mol. The lowest BCUT2D eigenvalue weighted by atomic mass is 9.70. The van der Waals surface area contributed by atoms with Crippen molar-refractivity contribution in [3.8, 4) is 5.75 Å². The van der Waals surface area contributed by atoms with Gasteiger partial charge in [-0.2, -0.15) is 0 Å². The molecule has 0 radical (unpaired) electrons. The normalized spacial score (nSPS) is 20.1. The number of esters is 2. The zero-order valence-electron chi connectivity index (χ0n) is 19.2. The van der Waals surface area contributed by atoms with Crippen LogP contribution in [0.3, 0.4) is 0 Å². The minimum absolute atomic E-state index is 0.181. The molecule has 1 aliphatic heterocycles. The summed E-state index contributed by atoms with van der Waals surface area (Å²) in [5.41, 5.74) is 2.60. The number of rotatable bonds is 7. The third-order valence-corrected chi connectivity index (χ3v) is 5.20. The second kappa shape index (κ2) is 9.92. The van der Waals surface area contributed by atoms with E-state index in [4.69, 9.17) is 14.2 Å². The molecule has 1 aromatic rings. The molecule has 0 bridgehead atoms. The van der Waals surface area contributed by atoms with Gasteiger partial charge in [-0.15, -0.1) is 0 Å². The topological polar surface area (TPSA) is 74.2 Å². The highest BCUT2D eigenvalue weighted by Crippen LogP contribution is 2.42. The van der Waals surface area contributed by atoms with E-state index in [2.05, 4.69) is 4.99 Å². The van der Waals surface area contributed by atoms with Crippen LogP contribution < -0.4 is 4.74 Å². The van der Waals surface area contributed by atoms with Crippen LogP contribution in [0.5, 0.6) is 5.75 Å². The minimum Gasteiger partial charge on any atom is -0.497 e. The molecular weight excluding hydrogens is 382 g/mol. The number of aliphatic imine (C=N–C) groups is 1. The number of carbonyl (C=O) groups is 2. The number of methoxy groups -OCH3 is 1. The molecule has 0 N–H and O–H groups in total. The third-order valence-electron chi connectivity index (χ3n) is 5.20. The lowest BCUT2D eigenvalue weighted by molar-refractivity contribution is -0.152. The van der Waals surface area contributed by atoms with E-state index in [0.29, 0.717) is 22.7 Å². The largest absolute Gasteiger partial charge is 0.497 e. The van der Waals surface area contributed by atoms with Crippen molar-refractivity contribution >= 4 is 17.7 Å². The Balaban J connectivity index is 2.60. The average molecular weight is 416 g/mol. The molecule has 30 heavy (non-hydrogen) atoms. The Morgan fingerprint density at radius 2 is 1.63 bits per heavy atom. The number of hydrogen-bond donors (Lipinski definition) is 0. The summed E-state index contributed by atoms with van der Waals surface area (Å²) in [4.78, 5) is 30.7. The van der Waals surface area contributed by atoms with E-state index in [0.717, 1.165) is 5.56 Å². The highest BCUT2D eigenvalue weighted by Gasteiger charge is 2.45. The summed E-state index contributed by atoms with van der Waals surface area (Å²) >= 11 is 0. The first-order valence-corrected chi connectivity index (χ1v) is 10.4. The van der Waals surface area contributed by atoms with Gasteiger partial charge in [-0.1, -0.05) is 19.1 Å². The molecule has 0 amide bonds. The molecule has 1 aromatic carbocycles. The molecular formula is C24H33NO5. The zero-order chi connectivity index (χ0) is 22.6. The molecule has 0 saturated heterocycles. The van der Waals surface area contributed by atoms with E-state index in [1.54, 1.807) is 27.9 Å². The van der Waals surface area contributed by atoms with Crippen LogP contribution in [0.25, 0.3) is 0 Å². The van der Waals surface area contributed by atoms with Gasteiger partial charge >= 0.3 is 11.9 Å². The Morgan fingerprint density at radius 3 is 2.20 bits per heavy atom. The fraction of sp³-hybridized carbons (Fsp3) is 0.542. The first-order chi connectivity index (χ1) is 14.1. The Morgan fingerprint density at radius 1 is 1.00 bits per heavy atom. The van der Waals surface area contributed by atoms with Crippen LogP contribution in [-0.4, -0.2) is 37.0 Å². The van der Waals surface area contributed by atoms with Crippen molar-refractivity contribution in [2.45, 2.75) is 66.6 Å². The van der Waals surface area contributed by atoms with Gasteiger partial charge < -0.3 is 14.2 Å². The van der Waals surface area contributed by atoms with Crippen molar-refractivity contribution in [1.29, 1.82) is 0 Å². The molecule has 0 aliphatic carbocycles. The van der Waals surface area contributed by atoms with E-state index in [9.17, 15) is 9.59 Å². The van der Waals surface area contributed by atoms with Gasteiger partial charge in [-0.25, -0.2) is 4.79 Å². The van der Waals surface area contributed by atoms with Crippen LogP contribution in [0.15, 0.2) is 40.5 Å². The number of hydrogen-bond acceptors (Lipinski definition) is 6. The van der Waals surface area contributed by atoms with E-state index in [1.807, 2.05) is 52.0 Å². The van der Waals surface area contributed by atoms with E-state index in [-0.39, 0.29) is 24.1 Å². The highest BCUT2D eigenvalue weighted by molar-refractivity contribution is 6.06. The molecule has 1 aliphatic rings. The first-order valence-electron chi connectivity index (χ1n) is 10.4. The van der Waals surface area contributed by atoms with Gasteiger partial charge in [-0.05, 0) is 65.2 Å². The number of nitrogens with zero attached hydrogens (tertiary/aromatic N) is 1. The van der Waals surface area contributed by atoms with Crippen molar-refractivity contribution in [3.05, 3.63) is 41.1 Å². The van der Waals surface area contributed by atoms with Crippen LogP contribution in [0.1, 0.15) is 59.9 Å². The summed E-state index contributed by atoms with van der Waals surface area (Å²) in [7, 11) is 1.61. The molecule has 0 saturated carbocycles. The molecule has 3 unspecified atom stereocenters. The molecule has 6 nitrogen and oxygen atoms in total. The molecule has 1 heterocycles. The molecule has 6 heteroatoms. The van der Waals surface area contributed by atoms with E-state index < -0.39 is 17.8 Å². The number of ether oxygens (including phenoxy) is 3. The summed E-state index contributed by atoms with van der Waals surface area (Å²) in [6.07, 6.45) is -0.546. The number of benzene rings is 1. The van der Waals surface area contributed by atoms with Crippen LogP contribution in [0, 0.1) is 11.8 Å². The van der Waals surface area contributed by atoms with Crippen LogP contribution >= 0.6 is 0 Å². The van der Waals surface area contributed by atoms with Gasteiger partial charge in [0, 0.05) is 17.3 Å². The SMILES string of the molecule is COc1cccc(C(C)C2C(C(=O)OC(C)C)=C(C)N=C(C)C2C(=O)OC(C)C)c1. The van der Waals surface area contributed by atoms with Crippen molar-refractivity contribution < 1.29 is 23.8 Å². The van der Waals surface area contributed by atoms with Gasteiger partial charge in [0.15, 0.2) is 0 Å². The monoisotopic (exact) mass is 415 g/mol. The van der Waals surface area contributed by atoms with E-state index in [1.165, 1.54) is 0 Å². The maximum Gasteiger partial charge on any atom is 0.336 e. The summed E-state index contributed by atoms with van der Waals surface area (Å²) < 4.78 is 16.4. The average Bonchev–Trinajstić information content (AvgIpc) is 2.65. The Bertz CT molecular complexity index is 853. The standard InChI is InChI=1S/C24H33NO5/c1-13(2)29-23(26)21-16(6)25-17(7)22(24(27)30-14(3)4)20(21)15(5)18-10-9-11-19(12-18)28-8/h9-15,20-21H,1-8H3. The fourth-order valence-corrected chi connectivity index (χ4v) is 3.92.